The first-order valence-electron chi connectivity index (χ1n) is 6.46. The van der Waals surface area contributed by atoms with E-state index in [1.54, 1.807) is 18.2 Å². The van der Waals surface area contributed by atoms with Crippen LogP contribution < -0.4 is 5.32 Å². The van der Waals surface area contributed by atoms with E-state index in [1.165, 1.54) is 18.2 Å². The molecular weight excluding hydrogens is 379 g/mol. The van der Waals surface area contributed by atoms with Crippen molar-refractivity contribution in [1.82, 2.24) is 9.78 Å². The highest BCUT2D eigenvalue weighted by Crippen LogP contribution is 2.31. The molecule has 0 saturated carbocycles. The second-order valence-corrected chi connectivity index (χ2v) is 5.84. The summed E-state index contributed by atoms with van der Waals surface area (Å²) in [5, 5.41) is 18.3. The van der Waals surface area contributed by atoms with Gasteiger partial charge in [0.25, 0.3) is 5.69 Å². The van der Waals surface area contributed by atoms with Gasteiger partial charge in [-0.15, -0.1) is 0 Å². The van der Waals surface area contributed by atoms with Gasteiger partial charge in [-0.2, -0.15) is 9.78 Å². The minimum atomic E-state index is -0.684. The third kappa shape index (κ3) is 2.89. The molecule has 1 aromatic heterocycles. The summed E-state index contributed by atoms with van der Waals surface area (Å²) < 4.78 is 0.932. The minimum absolute atomic E-state index is 0.0484. The van der Waals surface area contributed by atoms with Crippen LogP contribution in [0.2, 0.25) is 15.2 Å². The number of carbonyl (C=O) groups is 1. The van der Waals surface area contributed by atoms with Gasteiger partial charge in [-0.25, -0.2) is 4.79 Å². The highest BCUT2D eigenvalue weighted by molar-refractivity contribution is 6.44. The van der Waals surface area contributed by atoms with Gasteiger partial charge in [0.2, 0.25) is 0 Å². The molecule has 1 N–H and O–H groups in total. The van der Waals surface area contributed by atoms with E-state index < -0.39 is 11.0 Å². The van der Waals surface area contributed by atoms with E-state index in [4.69, 9.17) is 34.8 Å². The van der Waals surface area contributed by atoms with Gasteiger partial charge in [0.1, 0.15) is 0 Å². The number of hydrogen-bond donors (Lipinski definition) is 1. The van der Waals surface area contributed by atoms with Crippen molar-refractivity contribution in [2.75, 3.05) is 5.32 Å². The maximum Gasteiger partial charge on any atom is 0.347 e. The van der Waals surface area contributed by atoms with Gasteiger partial charge in [0, 0.05) is 17.5 Å². The van der Waals surface area contributed by atoms with Crippen molar-refractivity contribution in [3.8, 4) is 0 Å². The number of non-ortho nitro benzene ring substituents is 1. The van der Waals surface area contributed by atoms with Gasteiger partial charge in [-0.05, 0) is 18.2 Å². The molecular formula is C14H7Cl3N4O3. The number of carbonyl (C=O) groups excluding carboxylic acids is 1. The number of benzene rings is 2. The first-order chi connectivity index (χ1) is 11.4. The first kappa shape index (κ1) is 16.5. The topological polar surface area (TPSA) is 90.1 Å². The minimum Gasteiger partial charge on any atom is -0.305 e. The lowest BCUT2D eigenvalue weighted by atomic mass is 10.2. The van der Waals surface area contributed by atoms with E-state index in [2.05, 4.69) is 10.4 Å². The Morgan fingerprint density at radius 2 is 1.96 bits per heavy atom. The molecule has 3 rings (SSSR count). The van der Waals surface area contributed by atoms with E-state index >= 15 is 0 Å². The molecule has 10 heteroatoms. The van der Waals surface area contributed by atoms with Gasteiger partial charge >= 0.3 is 6.03 Å². The Hall–Kier alpha value is -2.35. The smallest absolute Gasteiger partial charge is 0.305 e. The third-order valence-electron chi connectivity index (χ3n) is 3.22. The van der Waals surface area contributed by atoms with Crippen LogP contribution in [0.15, 0.2) is 36.4 Å². The fourth-order valence-corrected chi connectivity index (χ4v) is 2.69. The molecule has 0 saturated heterocycles. The van der Waals surface area contributed by atoms with E-state index in [9.17, 15) is 14.9 Å². The Kier molecular flexibility index (Phi) is 4.31. The number of rotatable bonds is 2. The lowest BCUT2D eigenvalue weighted by Gasteiger charge is -2.08. The van der Waals surface area contributed by atoms with E-state index in [1.807, 2.05) is 0 Å². The van der Waals surface area contributed by atoms with E-state index in [0.29, 0.717) is 5.39 Å². The van der Waals surface area contributed by atoms with E-state index in [-0.39, 0.29) is 32.1 Å². The van der Waals surface area contributed by atoms with Crippen LogP contribution >= 0.6 is 34.8 Å². The van der Waals surface area contributed by atoms with Crippen molar-refractivity contribution >= 4 is 63.1 Å². The predicted molar refractivity (Wildman–Crippen MR) is 92.3 cm³/mol. The van der Waals surface area contributed by atoms with Gasteiger partial charge in [0.05, 0.1) is 26.2 Å². The van der Waals surface area contributed by atoms with Gasteiger partial charge in [-0.3, -0.25) is 10.1 Å². The van der Waals surface area contributed by atoms with E-state index in [0.717, 1.165) is 4.68 Å². The van der Waals surface area contributed by atoms with Crippen molar-refractivity contribution < 1.29 is 9.72 Å². The largest absolute Gasteiger partial charge is 0.347 e. The SMILES string of the molecule is O=C(Nc1cccc(Cl)c1Cl)n1nc(Cl)c2ccc([N+](=O)[O-])cc21. The van der Waals surface area contributed by atoms with Crippen LogP contribution in [0.3, 0.4) is 0 Å². The normalized spacial score (nSPS) is 10.8. The molecule has 0 spiro atoms. The first-order valence-corrected chi connectivity index (χ1v) is 7.60. The zero-order chi connectivity index (χ0) is 17.4. The summed E-state index contributed by atoms with van der Waals surface area (Å²) in [6.45, 7) is 0. The number of fused-ring (bicyclic) bond motifs is 1. The fourth-order valence-electron chi connectivity index (χ4n) is 2.10. The molecule has 0 radical (unpaired) electrons. The lowest BCUT2D eigenvalue weighted by molar-refractivity contribution is -0.384. The van der Waals surface area contributed by atoms with Crippen molar-refractivity contribution in [3.05, 3.63) is 61.7 Å². The van der Waals surface area contributed by atoms with Crippen molar-refractivity contribution in [3.63, 3.8) is 0 Å². The van der Waals surface area contributed by atoms with Crippen LogP contribution in [0.5, 0.6) is 0 Å². The molecule has 0 aliphatic carbocycles. The summed E-state index contributed by atoms with van der Waals surface area (Å²) in [6.07, 6.45) is 0. The maximum atomic E-state index is 12.4. The maximum absolute atomic E-state index is 12.4. The Morgan fingerprint density at radius 3 is 2.67 bits per heavy atom. The summed E-state index contributed by atoms with van der Waals surface area (Å²) in [5.41, 5.74) is 0.290. The zero-order valence-electron chi connectivity index (χ0n) is 11.7. The lowest BCUT2D eigenvalue weighted by Crippen LogP contribution is -2.20. The second-order valence-electron chi connectivity index (χ2n) is 4.69. The Morgan fingerprint density at radius 1 is 1.21 bits per heavy atom. The van der Waals surface area contributed by atoms with Crippen molar-refractivity contribution in [2.24, 2.45) is 0 Å². The van der Waals surface area contributed by atoms with Crippen LogP contribution in [-0.2, 0) is 0 Å². The molecule has 3 aromatic rings. The van der Waals surface area contributed by atoms with Crippen molar-refractivity contribution in [2.45, 2.75) is 0 Å². The summed E-state index contributed by atoms with van der Waals surface area (Å²) in [4.78, 5) is 22.8. The Balaban J connectivity index is 2.05. The molecule has 0 aliphatic heterocycles. The highest BCUT2D eigenvalue weighted by Gasteiger charge is 2.19. The number of nitrogens with one attached hydrogen (secondary N) is 1. The van der Waals surface area contributed by atoms with Gasteiger partial charge < -0.3 is 5.32 Å². The molecule has 0 unspecified atom stereocenters. The molecule has 0 fully saturated rings. The number of amides is 1. The van der Waals surface area contributed by atoms with Crippen LogP contribution in [-0.4, -0.2) is 20.7 Å². The Bertz CT molecular complexity index is 987. The molecule has 24 heavy (non-hydrogen) atoms. The number of hydrogen-bond acceptors (Lipinski definition) is 4. The second kappa shape index (κ2) is 6.27. The quantitative estimate of drug-likeness (QED) is 0.497. The summed E-state index contributed by atoms with van der Waals surface area (Å²) >= 11 is 17.9. The zero-order valence-corrected chi connectivity index (χ0v) is 13.9. The molecule has 0 bridgehead atoms. The molecule has 0 aliphatic rings. The fraction of sp³-hybridized carbons (Fsp3) is 0. The molecule has 0 atom stereocenters. The summed E-state index contributed by atoms with van der Waals surface area (Å²) in [5.74, 6) is 0. The number of anilines is 1. The monoisotopic (exact) mass is 384 g/mol. The summed E-state index contributed by atoms with van der Waals surface area (Å²) in [6, 6.07) is 7.99. The molecule has 122 valence electrons. The average molecular weight is 386 g/mol. The standard InChI is InChI=1S/C14H7Cl3N4O3/c15-9-2-1-3-10(12(9)16)18-14(22)20-11-6-7(21(23)24)4-5-8(11)13(17)19-20/h1-6H,(H,18,22). The molecule has 1 heterocycles. The number of halogens is 3. The number of nitro groups is 1. The van der Waals surface area contributed by atoms with Gasteiger partial charge in [-0.1, -0.05) is 40.9 Å². The molecule has 2 aromatic carbocycles. The van der Waals surface area contributed by atoms with Gasteiger partial charge in [0.15, 0.2) is 5.15 Å². The van der Waals surface area contributed by atoms with Crippen LogP contribution in [0.1, 0.15) is 0 Å². The third-order valence-corrected chi connectivity index (χ3v) is 4.31. The highest BCUT2D eigenvalue weighted by atomic mass is 35.5. The number of nitro benzene ring substituents is 1. The predicted octanol–water partition coefficient (Wildman–Crippen LogP) is 4.98. The van der Waals surface area contributed by atoms with Crippen molar-refractivity contribution in [1.29, 1.82) is 0 Å². The van der Waals surface area contributed by atoms with Crippen LogP contribution in [0, 0.1) is 10.1 Å². The number of aromatic nitrogens is 2. The van der Waals surface area contributed by atoms with Crippen LogP contribution in [0.25, 0.3) is 10.9 Å². The molecule has 1 amide bonds. The Labute approximate surface area is 149 Å². The number of nitrogens with zero attached hydrogens (tertiary/aromatic N) is 3. The average Bonchev–Trinajstić information content (AvgIpc) is 2.88. The summed E-state index contributed by atoms with van der Waals surface area (Å²) in [7, 11) is 0. The van der Waals surface area contributed by atoms with Crippen LogP contribution in [0.4, 0.5) is 16.2 Å². The molecule has 7 nitrogen and oxygen atoms in total.